The number of nitrogens with one attached hydrogen (secondary N) is 1. The van der Waals surface area contributed by atoms with E-state index >= 15 is 0 Å². The second-order valence-corrected chi connectivity index (χ2v) is 7.35. The molecule has 2 aromatic carbocycles. The Hall–Kier alpha value is -3.39. The number of ether oxygens (including phenoxy) is 1. The number of thiocarbonyl (C=S) groups is 1. The Morgan fingerprint density at radius 1 is 1.17 bits per heavy atom. The largest absolute Gasteiger partial charge is 0.494 e. The van der Waals surface area contributed by atoms with Crippen LogP contribution in [0.5, 0.6) is 5.75 Å². The Labute approximate surface area is 180 Å². The molecule has 4 rings (SSSR count). The molecule has 0 aliphatic carbocycles. The highest BCUT2D eigenvalue weighted by molar-refractivity contribution is 7.80. The summed E-state index contributed by atoms with van der Waals surface area (Å²) < 4.78 is 7.82. The van der Waals surface area contributed by atoms with Gasteiger partial charge in [0.25, 0.3) is 5.69 Å². The maximum Gasteiger partial charge on any atom is 0.269 e. The molecule has 1 aromatic heterocycles. The van der Waals surface area contributed by atoms with Gasteiger partial charge in [-0.25, -0.2) is 0 Å². The topological polar surface area (TPSA) is 72.6 Å². The third kappa shape index (κ3) is 3.99. The van der Waals surface area contributed by atoms with Crippen LogP contribution in [0.3, 0.4) is 0 Å². The minimum Gasteiger partial charge on any atom is -0.494 e. The Bertz CT molecular complexity index is 1050. The number of anilines is 1. The van der Waals surface area contributed by atoms with E-state index < -0.39 is 4.92 Å². The molecule has 0 fully saturated rings. The molecule has 1 atom stereocenters. The van der Waals surface area contributed by atoms with Crippen molar-refractivity contribution in [2.45, 2.75) is 19.5 Å². The van der Waals surface area contributed by atoms with Gasteiger partial charge in [-0.1, -0.05) is 12.1 Å². The van der Waals surface area contributed by atoms with Crippen LogP contribution in [0.15, 0.2) is 66.9 Å². The van der Waals surface area contributed by atoms with Gasteiger partial charge in [-0.3, -0.25) is 10.1 Å². The number of hydrogen-bond donors (Lipinski definition) is 1. The van der Waals surface area contributed by atoms with Crippen molar-refractivity contribution in [2.24, 2.45) is 0 Å². The smallest absolute Gasteiger partial charge is 0.269 e. The van der Waals surface area contributed by atoms with Gasteiger partial charge in [0.15, 0.2) is 5.11 Å². The van der Waals surface area contributed by atoms with Crippen LogP contribution in [0.25, 0.3) is 0 Å². The number of hydrogen-bond acceptors (Lipinski definition) is 4. The number of aromatic nitrogens is 1. The van der Waals surface area contributed by atoms with Crippen molar-refractivity contribution in [3.05, 3.63) is 88.2 Å². The molecular formula is C22H22N4O3S. The van der Waals surface area contributed by atoms with Gasteiger partial charge in [-0.15, -0.1) is 0 Å². The van der Waals surface area contributed by atoms with Gasteiger partial charge in [-0.2, -0.15) is 0 Å². The number of rotatable bonds is 5. The van der Waals surface area contributed by atoms with Crippen molar-refractivity contribution in [3.63, 3.8) is 0 Å². The van der Waals surface area contributed by atoms with Crippen LogP contribution in [0.2, 0.25) is 0 Å². The Kier molecular flexibility index (Phi) is 5.67. The van der Waals surface area contributed by atoms with Gasteiger partial charge in [0.2, 0.25) is 0 Å². The van der Waals surface area contributed by atoms with Crippen molar-refractivity contribution in [3.8, 4) is 5.75 Å². The number of nitro groups is 1. The van der Waals surface area contributed by atoms with Crippen LogP contribution in [-0.2, 0) is 6.54 Å². The summed E-state index contributed by atoms with van der Waals surface area (Å²) in [5.41, 5.74) is 3.05. The maximum atomic E-state index is 10.9. The van der Waals surface area contributed by atoms with E-state index in [2.05, 4.69) is 39.2 Å². The van der Waals surface area contributed by atoms with E-state index in [-0.39, 0.29) is 11.7 Å². The third-order valence-electron chi connectivity index (χ3n) is 5.14. The molecule has 3 aromatic rings. The van der Waals surface area contributed by atoms with Crippen molar-refractivity contribution in [2.75, 3.05) is 18.5 Å². The molecule has 2 heterocycles. The molecule has 0 radical (unpaired) electrons. The summed E-state index contributed by atoms with van der Waals surface area (Å²) in [6, 6.07) is 18.5. The molecular weight excluding hydrogens is 400 g/mol. The fourth-order valence-electron chi connectivity index (χ4n) is 3.73. The van der Waals surface area contributed by atoms with Crippen molar-refractivity contribution in [1.29, 1.82) is 0 Å². The second kappa shape index (κ2) is 8.54. The summed E-state index contributed by atoms with van der Waals surface area (Å²) in [6.07, 6.45) is 2.08. The first-order valence-corrected chi connectivity index (χ1v) is 10.2. The molecule has 8 heteroatoms. The van der Waals surface area contributed by atoms with Crippen LogP contribution < -0.4 is 10.1 Å². The van der Waals surface area contributed by atoms with E-state index in [0.717, 1.165) is 30.1 Å². The molecule has 0 saturated heterocycles. The summed E-state index contributed by atoms with van der Waals surface area (Å²) in [5.74, 6) is 0.838. The van der Waals surface area contributed by atoms with Crippen LogP contribution in [-0.4, -0.2) is 32.7 Å². The van der Waals surface area contributed by atoms with E-state index in [1.54, 1.807) is 12.1 Å². The van der Waals surface area contributed by atoms with Gasteiger partial charge in [-0.05, 0) is 61.1 Å². The summed E-state index contributed by atoms with van der Waals surface area (Å²) in [6.45, 7) is 4.17. The van der Waals surface area contributed by atoms with Crippen molar-refractivity contribution < 1.29 is 9.66 Å². The lowest BCUT2D eigenvalue weighted by Gasteiger charge is -2.39. The van der Waals surface area contributed by atoms with E-state index in [1.807, 2.05) is 25.1 Å². The molecule has 0 bridgehead atoms. The fraction of sp³-hybridized carbons (Fsp3) is 0.227. The standard InChI is InChI=1S/C22H22N4O3S/c1-2-29-19-11-5-16(6-12-19)21-20-4-3-13-24(20)14-15-25(21)22(30)23-17-7-9-18(10-8-17)26(27)28/h3-13,21H,2,14-15H2,1H3,(H,23,30). The Balaban J connectivity index is 1.60. The molecule has 0 saturated carbocycles. The van der Waals surface area contributed by atoms with E-state index in [9.17, 15) is 10.1 Å². The first-order chi connectivity index (χ1) is 14.6. The van der Waals surface area contributed by atoms with Gasteiger partial charge >= 0.3 is 0 Å². The highest BCUT2D eigenvalue weighted by Crippen LogP contribution is 2.34. The normalized spacial score (nSPS) is 15.4. The van der Waals surface area contributed by atoms with Crippen LogP contribution in [0.1, 0.15) is 24.2 Å². The summed E-state index contributed by atoms with van der Waals surface area (Å²) in [5, 5.41) is 14.7. The lowest BCUT2D eigenvalue weighted by atomic mass is 10.00. The minimum absolute atomic E-state index is 0.0394. The molecule has 0 spiro atoms. The monoisotopic (exact) mass is 422 g/mol. The Morgan fingerprint density at radius 2 is 1.90 bits per heavy atom. The summed E-state index contributed by atoms with van der Waals surface area (Å²) in [7, 11) is 0. The first-order valence-electron chi connectivity index (χ1n) is 9.76. The zero-order valence-electron chi connectivity index (χ0n) is 16.5. The molecule has 154 valence electrons. The number of benzene rings is 2. The van der Waals surface area contributed by atoms with Gasteiger partial charge in [0.1, 0.15) is 5.75 Å². The highest BCUT2D eigenvalue weighted by Gasteiger charge is 2.30. The molecule has 1 N–H and O–H groups in total. The van der Waals surface area contributed by atoms with Gasteiger partial charge < -0.3 is 19.5 Å². The molecule has 1 unspecified atom stereocenters. The number of non-ortho nitro benzene ring substituents is 1. The highest BCUT2D eigenvalue weighted by atomic mass is 32.1. The third-order valence-corrected chi connectivity index (χ3v) is 5.47. The van der Waals surface area contributed by atoms with E-state index in [4.69, 9.17) is 17.0 Å². The number of nitrogens with zero attached hydrogens (tertiary/aromatic N) is 3. The average molecular weight is 423 g/mol. The van der Waals surface area contributed by atoms with Crippen LogP contribution in [0.4, 0.5) is 11.4 Å². The van der Waals surface area contributed by atoms with Crippen LogP contribution in [0, 0.1) is 10.1 Å². The summed E-state index contributed by atoms with van der Waals surface area (Å²) in [4.78, 5) is 12.6. The number of nitro benzene ring substituents is 1. The van der Waals surface area contributed by atoms with E-state index in [1.165, 1.54) is 17.8 Å². The predicted molar refractivity (Wildman–Crippen MR) is 120 cm³/mol. The molecule has 7 nitrogen and oxygen atoms in total. The Morgan fingerprint density at radius 3 is 2.57 bits per heavy atom. The minimum atomic E-state index is -0.414. The zero-order chi connectivity index (χ0) is 21.1. The fourth-order valence-corrected chi connectivity index (χ4v) is 4.04. The van der Waals surface area contributed by atoms with Crippen LogP contribution >= 0.6 is 12.2 Å². The van der Waals surface area contributed by atoms with Crippen molar-refractivity contribution in [1.82, 2.24) is 9.47 Å². The molecule has 1 aliphatic rings. The first kappa shape index (κ1) is 19.9. The molecule has 30 heavy (non-hydrogen) atoms. The SMILES string of the molecule is CCOc1ccc(C2c3cccn3CCN2C(=S)Nc2ccc([N+](=O)[O-])cc2)cc1. The average Bonchev–Trinajstić information content (AvgIpc) is 3.23. The second-order valence-electron chi connectivity index (χ2n) is 6.96. The molecule has 0 amide bonds. The lowest BCUT2D eigenvalue weighted by Crippen LogP contribution is -2.44. The maximum absolute atomic E-state index is 10.9. The van der Waals surface area contributed by atoms with Gasteiger partial charge in [0, 0.05) is 42.8 Å². The predicted octanol–water partition coefficient (Wildman–Crippen LogP) is 4.60. The summed E-state index contributed by atoms with van der Waals surface area (Å²) >= 11 is 5.73. The lowest BCUT2D eigenvalue weighted by molar-refractivity contribution is -0.384. The quantitative estimate of drug-likeness (QED) is 0.368. The van der Waals surface area contributed by atoms with E-state index in [0.29, 0.717) is 11.7 Å². The van der Waals surface area contributed by atoms with Crippen molar-refractivity contribution >= 4 is 28.7 Å². The number of fused-ring (bicyclic) bond motifs is 1. The molecule has 1 aliphatic heterocycles. The zero-order valence-corrected chi connectivity index (χ0v) is 17.3. The van der Waals surface area contributed by atoms with Gasteiger partial charge in [0.05, 0.1) is 17.6 Å².